The fourth-order valence-corrected chi connectivity index (χ4v) is 5.80. The summed E-state index contributed by atoms with van der Waals surface area (Å²) in [5.74, 6) is -0.884. The molecule has 1 aliphatic rings. The maximum atomic E-state index is 13.4. The van der Waals surface area contributed by atoms with Crippen molar-refractivity contribution >= 4 is 37.8 Å². The van der Waals surface area contributed by atoms with E-state index in [-0.39, 0.29) is 35.5 Å². The number of aromatic amines is 2. The summed E-state index contributed by atoms with van der Waals surface area (Å²) in [6.45, 7) is 2.03. The van der Waals surface area contributed by atoms with Crippen LogP contribution in [0.4, 0.5) is 0 Å². The molecular formula is C21H26N4O5S. The van der Waals surface area contributed by atoms with Crippen molar-refractivity contribution in [1.29, 1.82) is 0 Å². The highest BCUT2D eigenvalue weighted by molar-refractivity contribution is 7.89. The van der Waals surface area contributed by atoms with Crippen LogP contribution in [0.2, 0.25) is 0 Å². The van der Waals surface area contributed by atoms with E-state index in [9.17, 15) is 18.0 Å². The Hall–Kier alpha value is -2.69. The third kappa shape index (κ3) is 4.23. The number of fused-ring (bicyclic) bond motifs is 3. The van der Waals surface area contributed by atoms with Gasteiger partial charge in [-0.1, -0.05) is 0 Å². The quantitative estimate of drug-likeness (QED) is 0.394. The van der Waals surface area contributed by atoms with Gasteiger partial charge in [0, 0.05) is 47.5 Å². The number of hydrogen-bond acceptors (Lipinski definition) is 5. The van der Waals surface area contributed by atoms with E-state index in [1.165, 1.54) is 10.4 Å². The van der Waals surface area contributed by atoms with Gasteiger partial charge in [-0.15, -0.1) is 0 Å². The van der Waals surface area contributed by atoms with Gasteiger partial charge in [0.15, 0.2) is 0 Å². The van der Waals surface area contributed by atoms with Crippen LogP contribution in [0.15, 0.2) is 34.1 Å². The summed E-state index contributed by atoms with van der Waals surface area (Å²) >= 11 is 0. The number of rotatable bonds is 9. The van der Waals surface area contributed by atoms with E-state index in [0.717, 1.165) is 18.4 Å². The number of nitrogens with one attached hydrogen (secondary N) is 2. The van der Waals surface area contributed by atoms with Gasteiger partial charge in [-0.2, -0.15) is 4.31 Å². The zero-order valence-corrected chi connectivity index (χ0v) is 18.0. The normalized spacial score (nSPS) is 15.7. The summed E-state index contributed by atoms with van der Waals surface area (Å²) in [5, 5.41) is 10.2. The number of aromatic nitrogens is 2. The Morgan fingerprint density at radius 2 is 2.10 bits per heavy atom. The fraction of sp³-hybridized carbons (Fsp3) is 0.429. The Labute approximate surface area is 179 Å². The number of H-pyrrole nitrogens is 2. The molecule has 1 fully saturated rings. The molecule has 2 aromatic heterocycles. The molecular weight excluding hydrogens is 420 g/mol. The number of nitrogens with two attached hydrogens (primary N) is 1. The van der Waals surface area contributed by atoms with Crippen molar-refractivity contribution < 1.29 is 18.3 Å². The second kappa shape index (κ2) is 8.10. The summed E-state index contributed by atoms with van der Waals surface area (Å²) in [5.41, 5.74) is 7.26. The van der Waals surface area contributed by atoms with Gasteiger partial charge in [0.1, 0.15) is 5.52 Å². The summed E-state index contributed by atoms with van der Waals surface area (Å²) in [6.07, 6.45) is 4.22. The lowest BCUT2D eigenvalue weighted by atomic mass is 10.0. The van der Waals surface area contributed by atoms with E-state index in [0.29, 0.717) is 34.6 Å². The largest absolute Gasteiger partial charge is 0.481 e. The summed E-state index contributed by atoms with van der Waals surface area (Å²) < 4.78 is 28.3. The monoisotopic (exact) mass is 446 g/mol. The molecule has 166 valence electrons. The Morgan fingerprint density at radius 1 is 1.35 bits per heavy atom. The van der Waals surface area contributed by atoms with Crippen molar-refractivity contribution in [3.05, 3.63) is 40.3 Å². The van der Waals surface area contributed by atoms with Crippen LogP contribution in [0.25, 0.3) is 21.8 Å². The van der Waals surface area contributed by atoms with E-state index in [2.05, 4.69) is 9.97 Å². The number of nitrogens with zero attached hydrogens (tertiary/aromatic N) is 1. The molecule has 1 aliphatic carbocycles. The third-order valence-corrected chi connectivity index (χ3v) is 7.48. The molecule has 31 heavy (non-hydrogen) atoms. The number of carboxylic acid groups (broad SMARTS) is 1. The van der Waals surface area contributed by atoms with E-state index < -0.39 is 16.0 Å². The third-order valence-electron chi connectivity index (χ3n) is 5.56. The lowest BCUT2D eigenvalue weighted by molar-refractivity contribution is -0.137. The Morgan fingerprint density at radius 3 is 2.74 bits per heavy atom. The second-order valence-electron chi connectivity index (χ2n) is 8.26. The first-order valence-corrected chi connectivity index (χ1v) is 11.8. The first-order chi connectivity index (χ1) is 14.7. The van der Waals surface area contributed by atoms with E-state index in [4.69, 9.17) is 10.8 Å². The highest BCUT2D eigenvalue weighted by Crippen LogP contribution is 2.34. The number of pyridine rings is 1. The van der Waals surface area contributed by atoms with E-state index >= 15 is 0 Å². The van der Waals surface area contributed by atoms with Crippen LogP contribution in [-0.2, 0) is 21.2 Å². The minimum atomic E-state index is -3.75. The van der Waals surface area contributed by atoms with Crippen molar-refractivity contribution in [3.63, 3.8) is 0 Å². The number of benzene rings is 1. The van der Waals surface area contributed by atoms with Gasteiger partial charge in [-0.25, -0.2) is 8.42 Å². The number of sulfonamides is 1. The van der Waals surface area contributed by atoms with Gasteiger partial charge in [0.25, 0.3) is 5.56 Å². The topological polar surface area (TPSA) is 149 Å². The molecule has 0 bridgehead atoms. The first kappa shape index (κ1) is 21.5. The molecule has 5 N–H and O–H groups in total. The van der Waals surface area contributed by atoms with E-state index in [1.807, 2.05) is 0 Å². The number of aliphatic carboxylic acids is 1. The molecule has 1 atom stereocenters. The molecule has 2 heterocycles. The molecule has 0 radical (unpaired) electrons. The van der Waals surface area contributed by atoms with Crippen LogP contribution < -0.4 is 11.3 Å². The van der Waals surface area contributed by atoms with Gasteiger partial charge in [0.05, 0.1) is 4.90 Å². The first-order valence-electron chi connectivity index (χ1n) is 10.3. The van der Waals surface area contributed by atoms with Crippen molar-refractivity contribution in [1.82, 2.24) is 14.3 Å². The second-order valence-corrected chi connectivity index (χ2v) is 10.1. The van der Waals surface area contributed by atoms with Crippen molar-refractivity contribution in [2.45, 2.75) is 56.0 Å². The van der Waals surface area contributed by atoms with Crippen LogP contribution in [0.1, 0.15) is 38.2 Å². The minimum absolute atomic E-state index is 0.0149. The molecule has 1 aromatic carbocycles. The zero-order chi connectivity index (χ0) is 22.3. The lowest BCUT2D eigenvalue weighted by Crippen LogP contribution is -2.41. The van der Waals surface area contributed by atoms with E-state index in [1.54, 1.807) is 25.3 Å². The van der Waals surface area contributed by atoms with Crippen LogP contribution in [0, 0.1) is 0 Å². The lowest BCUT2D eigenvalue weighted by Gasteiger charge is -2.24. The fourth-order valence-electron chi connectivity index (χ4n) is 3.99. The Bertz CT molecular complexity index is 1300. The summed E-state index contributed by atoms with van der Waals surface area (Å²) in [7, 11) is -3.75. The molecule has 0 spiro atoms. The molecule has 10 heteroatoms. The highest BCUT2D eigenvalue weighted by Gasteiger charge is 2.38. The number of hydrogen-bond donors (Lipinski definition) is 4. The molecule has 1 saturated carbocycles. The van der Waals surface area contributed by atoms with Gasteiger partial charge in [0.2, 0.25) is 10.0 Å². The predicted molar refractivity (Wildman–Crippen MR) is 118 cm³/mol. The predicted octanol–water partition coefficient (Wildman–Crippen LogP) is 1.92. The molecule has 0 amide bonds. The van der Waals surface area contributed by atoms with Gasteiger partial charge < -0.3 is 20.8 Å². The molecule has 0 saturated heterocycles. The standard InChI is InChI=1S/C21H26N4O5S/c1-12(22)11-25(14-5-6-14)31(29,30)15-7-8-17-16(9-15)19-13(3-2-4-18(26)27)10-23-20(19)21(28)24-17/h7-10,12,14,23H,2-6,11,22H2,1H3,(H,24,28)(H,26,27)/t12-/m1/s1. The Kier molecular flexibility index (Phi) is 5.63. The Balaban J connectivity index is 1.83. The number of carbonyl (C=O) groups is 1. The maximum Gasteiger partial charge on any atom is 0.303 e. The minimum Gasteiger partial charge on any atom is -0.481 e. The summed E-state index contributed by atoms with van der Waals surface area (Å²) in [6, 6.07) is 4.39. The van der Waals surface area contributed by atoms with Crippen molar-refractivity contribution in [3.8, 4) is 0 Å². The number of carboxylic acids is 1. The van der Waals surface area contributed by atoms with Gasteiger partial charge in [-0.05, 0) is 56.4 Å². The van der Waals surface area contributed by atoms with Crippen LogP contribution >= 0.6 is 0 Å². The average Bonchev–Trinajstić information content (AvgIpc) is 3.44. The van der Waals surface area contributed by atoms with Gasteiger partial charge >= 0.3 is 5.97 Å². The van der Waals surface area contributed by atoms with Crippen LogP contribution in [0.3, 0.4) is 0 Å². The molecule has 3 aromatic rings. The molecule has 0 aliphatic heterocycles. The molecule has 0 unspecified atom stereocenters. The average molecular weight is 447 g/mol. The van der Waals surface area contributed by atoms with Crippen LogP contribution in [-0.4, -0.2) is 52.4 Å². The van der Waals surface area contributed by atoms with Crippen molar-refractivity contribution in [2.24, 2.45) is 5.73 Å². The van der Waals surface area contributed by atoms with Crippen LogP contribution in [0.5, 0.6) is 0 Å². The van der Waals surface area contributed by atoms with Gasteiger partial charge in [-0.3, -0.25) is 9.59 Å². The highest BCUT2D eigenvalue weighted by atomic mass is 32.2. The van der Waals surface area contributed by atoms with Crippen molar-refractivity contribution in [2.75, 3.05) is 6.54 Å². The maximum absolute atomic E-state index is 13.4. The number of aryl methyl sites for hydroxylation is 1. The smallest absolute Gasteiger partial charge is 0.303 e. The summed E-state index contributed by atoms with van der Waals surface area (Å²) in [4.78, 5) is 29.2. The SMILES string of the molecule is C[C@@H](N)CN(C1CC1)S(=O)(=O)c1ccc2[nH]c(=O)c3[nH]cc(CCCC(=O)O)c3c2c1. The zero-order valence-electron chi connectivity index (χ0n) is 17.2. The molecule has 4 rings (SSSR count). The molecule has 9 nitrogen and oxygen atoms in total.